The zero-order valence-electron chi connectivity index (χ0n) is 6.83. The lowest BCUT2D eigenvalue weighted by Gasteiger charge is -2.53. The van der Waals surface area contributed by atoms with Gasteiger partial charge in [0.25, 0.3) is 0 Å². The lowest BCUT2D eigenvalue weighted by atomic mass is 9.66. The highest BCUT2D eigenvalue weighted by atomic mass is 16.4. The summed E-state index contributed by atoms with van der Waals surface area (Å²) in [7, 11) is 0. The molecule has 6 atom stereocenters. The van der Waals surface area contributed by atoms with E-state index in [-0.39, 0.29) is 6.54 Å². The monoisotopic (exact) mass is 191 g/mol. The van der Waals surface area contributed by atoms with E-state index in [2.05, 4.69) is 5.32 Å². The number of rotatable bonds is 0. The average Bonchev–Trinajstić information content (AvgIpc) is 2.44. The van der Waals surface area contributed by atoms with Crippen LogP contribution in [0.5, 0.6) is 0 Å². The second-order valence-electron chi connectivity index (χ2n) is 3.71. The number of hydrogen-bond acceptors (Lipinski definition) is 6. The first-order valence-corrected chi connectivity index (χ1v) is 4.17. The Bertz CT molecular complexity index is 213. The summed E-state index contributed by atoms with van der Waals surface area (Å²) < 4.78 is 0. The molecule has 76 valence electrons. The number of aliphatic hydroxyl groups excluding tert-OH is 5. The van der Waals surface area contributed by atoms with Gasteiger partial charge in [-0.1, -0.05) is 0 Å². The normalized spacial score (nSPS) is 61.2. The van der Waals surface area contributed by atoms with Crippen LogP contribution in [0.1, 0.15) is 0 Å². The van der Waals surface area contributed by atoms with E-state index in [9.17, 15) is 20.4 Å². The fraction of sp³-hybridized carbons (Fsp3) is 1.00. The molecule has 6 nitrogen and oxygen atoms in total. The lowest BCUT2D eigenvalue weighted by Crippen LogP contribution is -2.81. The van der Waals surface area contributed by atoms with Crippen LogP contribution in [0.2, 0.25) is 0 Å². The fourth-order valence-electron chi connectivity index (χ4n) is 2.17. The molecule has 0 aromatic carbocycles. The van der Waals surface area contributed by atoms with Gasteiger partial charge in [-0.15, -0.1) is 0 Å². The molecule has 2 rings (SSSR count). The van der Waals surface area contributed by atoms with Crippen LogP contribution >= 0.6 is 0 Å². The van der Waals surface area contributed by atoms with E-state index in [1.54, 1.807) is 0 Å². The van der Waals surface area contributed by atoms with Gasteiger partial charge >= 0.3 is 0 Å². The molecule has 1 saturated carbocycles. The molecule has 1 heterocycles. The molecular weight excluding hydrogens is 178 g/mol. The molecule has 2 aliphatic rings. The van der Waals surface area contributed by atoms with Gasteiger partial charge in [-0.05, 0) is 0 Å². The van der Waals surface area contributed by atoms with Gasteiger partial charge in [0, 0.05) is 6.54 Å². The van der Waals surface area contributed by atoms with Crippen molar-refractivity contribution in [2.45, 2.75) is 36.1 Å². The highest BCUT2D eigenvalue weighted by Gasteiger charge is 2.68. The van der Waals surface area contributed by atoms with E-state index >= 15 is 0 Å². The van der Waals surface area contributed by atoms with Gasteiger partial charge in [-0.25, -0.2) is 0 Å². The van der Waals surface area contributed by atoms with Crippen LogP contribution in [-0.2, 0) is 0 Å². The number of hydrogen-bond donors (Lipinski definition) is 6. The van der Waals surface area contributed by atoms with Gasteiger partial charge in [0.2, 0.25) is 0 Å². The first-order valence-electron chi connectivity index (χ1n) is 4.17. The molecular formula is C7H13NO5. The summed E-state index contributed by atoms with van der Waals surface area (Å²) in [5, 5.41) is 49.2. The van der Waals surface area contributed by atoms with Crippen LogP contribution in [-0.4, -0.2) is 68.1 Å². The first kappa shape index (κ1) is 9.32. The molecule has 6 N–H and O–H groups in total. The van der Waals surface area contributed by atoms with Crippen molar-refractivity contribution in [2.24, 2.45) is 0 Å². The zero-order valence-corrected chi connectivity index (χ0v) is 6.83. The van der Waals surface area contributed by atoms with Crippen LogP contribution in [0, 0.1) is 0 Å². The summed E-state index contributed by atoms with van der Waals surface area (Å²) in [4.78, 5) is 0. The summed E-state index contributed by atoms with van der Waals surface area (Å²) >= 11 is 0. The molecule has 0 aromatic rings. The van der Waals surface area contributed by atoms with Crippen LogP contribution in [0.3, 0.4) is 0 Å². The van der Waals surface area contributed by atoms with Gasteiger partial charge in [-0.3, -0.25) is 0 Å². The Morgan fingerprint density at radius 3 is 1.85 bits per heavy atom. The summed E-state index contributed by atoms with van der Waals surface area (Å²) in [5.74, 6) is 0. The third-order valence-electron chi connectivity index (χ3n) is 3.10. The molecule has 0 bridgehead atoms. The predicted octanol–water partition coefficient (Wildman–Crippen LogP) is -3.85. The molecule has 1 aliphatic heterocycles. The minimum Gasteiger partial charge on any atom is -0.389 e. The zero-order chi connectivity index (χ0) is 9.80. The summed E-state index contributed by atoms with van der Waals surface area (Å²) in [6.07, 6.45) is -6.01. The number of β-amino-alcohol motifs (C(OH)–C–C–N with tert-alkyl or cyclic N) is 1. The SMILES string of the molecule is OC1[C@@H](O)C2(NC[C@@H](O)[C@H]2O)[C@H]1O. The maximum absolute atomic E-state index is 9.48. The van der Waals surface area contributed by atoms with Crippen molar-refractivity contribution in [1.29, 1.82) is 0 Å². The molecule has 6 heteroatoms. The van der Waals surface area contributed by atoms with Gasteiger partial charge in [0.1, 0.15) is 30.0 Å². The Morgan fingerprint density at radius 2 is 1.46 bits per heavy atom. The predicted molar refractivity (Wildman–Crippen MR) is 40.8 cm³/mol. The van der Waals surface area contributed by atoms with Crippen molar-refractivity contribution in [3.05, 3.63) is 0 Å². The molecule has 13 heavy (non-hydrogen) atoms. The van der Waals surface area contributed by atoms with E-state index in [1.807, 2.05) is 0 Å². The van der Waals surface area contributed by atoms with Gasteiger partial charge < -0.3 is 30.8 Å². The average molecular weight is 191 g/mol. The Hall–Kier alpha value is -0.240. The summed E-state index contributed by atoms with van der Waals surface area (Å²) in [6.45, 7) is 0.0992. The quantitative estimate of drug-likeness (QED) is 0.234. The topological polar surface area (TPSA) is 113 Å². The molecule has 2 fully saturated rings. The van der Waals surface area contributed by atoms with Crippen molar-refractivity contribution < 1.29 is 25.5 Å². The van der Waals surface area contributed by atoms with E-state index in [0.29, 0.717) is 0 Å². The second-order valence-corrected chi connectivity index (χ2v) is 3.71. The maximum atomic E-state index is 9.48. The van der Waals surface area contributed by atoms with Crippen molar-refractivity contribution >= 4 is 0 Å². The fourth-order valence-corrected chi connectivity index (χ4v) is 2.17. The molecule has 0 amide bonds. The van der Waals surface area contributed by atoms with Crippen molar-refractivity contribution in [3.63, 3.8) is 0 Å². The third kappa shape index (κ3) is 0.876. The number of aliphatic hydroxyl groups is 5. The Balaban J connectivity index is 2.23. The van der Waals surface area contributed by atoms with Gasteiger partial charge in [0.05, 0.1) is 6.10 Å². The minimum absolute atomic E-state index is 0.0992. The van der Waals surface area contributed by atoms with Gasteiger partial charge in [-0.2, -0.15) is 0 Å². The molecule has 1 spiro atoms. The van der Waals surface area contributed by atoms with Crippen LogP contribution < -0.4 is 5.32 Å². The Labute approximate surface area is 74.4 Å². The van der Waals surface area contributed by atoms with E-state index in [1.165, 1.54) is 0 Å². The molecule has 0 aromatic heterocycles. The second kappa shape index (κ2) is 2.63. The van der Waals surface area contributed by atoms with E-state index in [0.717, 1.165) is 0 Å². The third-order valence-corrected chi connectivity index (χ3v) is 3.10. The lowest BCUT2D eigenvalue weighted by molar-refractivity contribution is -0.240. The van der Waals surface area contributed by atoms with Crippen LogP contribution in [0.15, 0.2) is 0 Å². The molecule has 1 saturated heterocycles. The van der Waals surface area contributed by atoms with Crippen molar-refractivity contribution in [1.82, 2.24) is 5.32 Å². The van der Waals surface area contributed by atoms with Gasteiger partial charge in [0.15, 0.2) is 0 Å². The highest BCUT2D eigenvalue weighted by molar-refractivity contribution is 5.24. The van der Waals surface area contributed by atoms with Crippen molar-refractivity contribution in [3.8, 4) is 0 Å². The van der Waals surface area contributed by atoms with Crippen LogP contribution in [0.25, 0.3) is 0 Å². The molecule has 1 aliphatic carbocycles. The van der Waals surface area contributed by atoms with E-state index in [4.69, 9.17) is 5.11 Å². The smallest absolute Gasteiger partial charge is 0.110 e. The molecule has 2 unspecified atom stereocenters. The number of nitrogens with one attached hydrogen (secondary N) is 1. The first-order chi connectivity index (χ1) is 6.01. The largest absolute Gasteiger partial charge is 0.389 e. The summed E-state index contributed by atoms with van der Waals surface area (Å²) in [5.41, 5.74) is -1.35. The Kier molecular flexibility index (Phi) is 1.88. The van der Waals surface area contributed by atoms with Crippen molar-refractivity contribution in [2.75, 3.05) is 6.54 Å². The maximum Gasteiger partial charge on any atom is 0.110 e. The van der Waals surface area contributed by atoms with E-state index < -0.39 is 36.1 Å². The summed E-state index contributed by atoms with van der Waals surface area (Å²) in [6, 6.07) is 0. The minimum atomic E-state index is -1.35. The standard InChI is InChI=1S/C7H13NO5/c9-2-1-8-7(4(2)11)5(12)3(10)6(7)13/h2-6,8-13H,1H2/t2-,3?,4-,5-,6+,7?/m1/s1. The highest BCUT2D eigenvalue weighted by Crippen LogP contribution is 2.40. The Morgan fingerprint density at radius 1 is 0.923 bits per heavy atom. The van der Waals surface area contributed by atoms with Crippen LogP contribution in [0.4, 0.5) is 0 Å². The molecule has 0 radical (unpaired) electrons.